The van der Waals surface area contributed by atoms with Gasteiger partial charge in [0.25, 0.3) is 5.56 Å². The summed E-state index contributed by atoms with van der Waals surface area (Å²) in [4.78, 5) is 34.5. The predicted octanol–water partition coefficient (Wildman–Crippen LogP) is 0.423. The number of aromatic amines is 1. The third-order valence-corrected chi connectivity index (χ3v) is 4.56. The van der Waals surface area contributed by atoms with E-state index < -0.39 is 17.4 Å². The number of nitrogens with zero attached hydrogens (tertiary/aromatic N) is 3. The Labute approximate surface area is 174 Å². The van der Waals surface area contributed by atoms with Gasteiger partial charge in [-0.05, 0) is 37.5 Å². The van der Waals surface area contributed by atoms with Gasteiger partial charge in [0.2, 0.25) is 0 Å². The largest absolute Gasteiger partial charge is 0.396 e. The van der Waals surface area contributed by atoms with Gasteiger partial charge in [-0.25, -0.2) is 9.78 Å². The van der Waals surface area contributed by atoms with Crippen LogP contribution in [0.2, 0.25) is 0 Å². The van der Waals surface area contributed by atoms with E-state index in [1.54, 1.807) is 4.57 Å². The van der Waals surface area contributed by atoms with Crippen LogP contribution in [0.1, 0.15) is 32.3 Å². The van der Waals surface area contributed by atoms with Crippen LogP contribution in [0.3, 0.4) is 0 Å². The number of aliphatic hydroxyl groups is 2. The standard InChI is InChI=1S/C18H24N6O4.C2H6/c1-10-8-13-14(9-12(10)20-5-4-19)24(6-2-11(26)3-7-25)16-15(21-13)17(27)23-18(28)22-16;1-2/h8-9,11,20,25-26H,2-7,19H2,1H3,(H,23,27,28);1-2H3/t11-;/m0./s1. The highest BCUT2D eigenvalue weighted by atomic mass is 16.3. The summed E-state index contributed by atoms with van der Waals surface area (Å²) in [5.74, 6) is 0.158. The van der Waals surface area contributed by atoms with Gasteiger partial charge in [-0.3, -0.25) is 9.78 Å². The SMILES string of the molecule is CC.Cc1cc2nc3c(=O)[nH]c(=O)nc-3n(CC[C@H](O)CCO)c2cc1NCCN. The number of fused-ring (bicyclic) bond motifs is 2. The molecule has 1 aromatic rings. The van der Waals surface area contributed by atoms with E-state index in [1.807, 2.05) is 32.9 Å². The summed E-state index contributed by atoms with van der Waals surface area (Å²) in [7, 11) is 0. The minimum absolute atomic E-state index is 0.0609. The first-order valence-electron chi connectivity index (χ1n) is 10.1. The predicted molar refractivity (Wildman–Crippen MR) is 117 cm³/mol. The molecule has 0 fully saturated rings. The Hall–Kier alpha value is -2.82. The summed E-state index contributed by atoms with van der Waals surface area (Å²) in [6, 6.07) is 3.72. The minimum atomic E-state index is -0.753. The lowest BCUT2D eigenvalue weighted by molar-refractivity contribution is 0.121. The normalized spacial score (nSPS) is 11.9. The van der Waals surface area contributed by atoms with Gasteiger partial charge in [0.05, 0.1) is 17.1 Å². The number of hydrogen-bond acceptors (Lipinski definition) is 8. The molecule has 0 saturated heterocycles. The van der Waals surface area contributed by atoms with Crippen molar-refractivity contribution in [1.29, 1.82) is 0 Å². The van der Waals surface area contributed by atoms with Gasteiger partial charge in [0, 0.05) is 31.9 Å². The van der Waals surface area contributed by atoms with Crippen LogP contribution in [0.25, 0.3) is 22.6 Å². The molecule has 1 aromatic carbocycles. The maximum atomic E-state index is 12.2. The highest BCUT2D eigenvalue weighted by Gasteiger charge is 2.20. The Bertz CT molecular complexity index is 1060. The Balaban J connectivity index is 0.00000155. The number of nitrogens with two attached hydrogens (primary N) is 1. The van der Waals surface area contributed by atoms with Crippen molar-refractivity contribution < 1.29 is 10.2 Å². The first kappa shape index (κ1) is 23.5. The van der Waals surface area contributed by atoms with E-state index in [0.717, 1.165) is 11.3 Å². The second kappa shape index (κ2) is 10.8. The van der Waals surface area contributed by atoms with Crippen LogP contribution in [-0.4, -0.2) is 55.5 Å². The number of aliphatic hydroxyl groups excluding tert-OH is 2. The maximum absolute atomic E-state index is 12.2. The third-order valence-electron chi connectivity index (χ3n) is 4.56. The van der Waals surface area contributed by atoms with Crippen molar-refractivity contribution in [2.75, 3.05) is 25.0 Å². The van der Waals surface area contributed by atoms with E-state index in [4.69, 9.17) is 10.8 Å². The Morgan fingerprint density at radius 3 is 2.63 bits per heavy atom. The van der Waals surface area contributed by atoms with E-state index in [2.05, 4.69) is 20.3 Å². The number of hydrogen-bond donors (Lipinski definition) is 5. The average molecular weight is 418 g/mol. The Morgan fingerprint density at radius 1 is 1.23 bits per heavy atom. The van der Waals surface area contributed by atoms with Gasteiger partial charge in [-0.15, -0.1) is 0 Å². The number of benzene rings is 1. The average Bonchev–Trinajstić information content (AvgIpc) is 2.72. The summed E-state index contributed by atoms with van der Waals surface area (Å²) in [6.45, 7) is 7.15. The second-order valence-corrected chi connectivity index (χ2v) is 6.63. The number of aryl methyl sites for hydroxylation is 2. The van der Waals surface area contributed by atoms with Crippen LogP contribution in [0.15, 0.2) is 21.7 Å². The number of nitrogens with one attached hydrogen (secondary N) is 2. The molecule has 1 atom stereocenters. The van der Waals surface area contributed by atoms with Gasteiger partial charge < -0.3 is 25.8 Å². The van der Waals surface area contributed by atoms with E-state index in [-0.39, 0.29) is 24.5 Å². The fourth-order valence-electron chi connectivity index (χ4n) is 3.14. The molecule has 0 saturated carbocycles. The molecule has 2 aliphatic heterocycles. The summed E-state index contributed by atoms with van der Waals surface area (Å²) in [6.07, 6.45) is -0.156. The first-order valence-corrected chi connectivity index (χ1v) is 10.1. The number of H-pyrrole nitrogens is 1. The van der Waals surface area contributed by atoms with Crippen molar-refractivity contribution in [2.45, 2.75) is 46.3 Å². The molecular weight excluding hydrogens is 388 g/mol. The molecule has 10 heteroatoms. The van der Waals surface area contributed by atoms with Crippen molar-refractivity contribution in [2.24, 2.45) is 5.73 Å². The zero-order valence-electron chi connectivity index (χ0n) is 17.6. The van der Waals surface area contributed by atoms with Crippen molar-refractivity contribution >= 4 is 16.7 Å². The van der Waals surface area contributed by atoms with Gasteiger partial charge in [-0.2, -0.15) is 4.98 Å². The Kier molecular flexibility index (Phi) is 8.46. The lowest BCUT2D eigenvalue weighted by atomic mass is 10.1. The topological polar surface area (TPSA) is 159 Å². The van der Waals surface area contributed by atoms with Gasteiger partial charge >= 0.3 is 5.69 Å². The number of aromatic nitrogens is 4. The van der Waals surface area contributed by atoms with Crippen molar-refractivity contribution in [3.8, 4) is 11.5 Å². The summed E-state index contributed by atoms with van der Waals surface area (Å²) >= 11 is 0. The molecule has 0 bridgehead atoms. The molecule has 0 amide bonds. The molecule has 0 unspecified atom stereocenters. The van der Waals surface area contributed by atoms with Crippen molar-refractivity contribution in [1.82, 2.24) is 19.5 Å². The van der Waals surface area contributed by atoms with Crippen LogP contribution < -0.4 is 22.3 Å². The molecule has 0 aliphatic carbocycles. The number of anilines is 1. The molecule has 2 aliphatic rings. The van der Waals surface area contributed by atoms with Gasteiger partial charge in [0.15, 0.2) is 11.5 Å². The molecule has 2 heterocycles. The molecule has 3 rings (SSSR count). The van der Waals surface area contributed by atoms with Crippen molar-refractivity contribution in [3.63, 3.8) is 0 Å². The molecule has 10 nitrogen and oxygen atoms in total. The zero-order valence-corrected chi connectivity index (χ0v) is 17.6. The van der Waals surface area contributed by atoms with Crippen LogP contribution >= 0.6 is 0 Å². The lowest BCUT2D eigenvalue weighted by Crippen LogP contribution is -2.29. The molecule has 0 spiro atoms. The molecule has 164 valence electrons. The lowest BCUT2D eigenvalue weighted by Gasteiger charge is -2.19. The molecular formula is C20H30N6O4. The molecule has 0 aromatic heterocycles. The molecule has 6 N–H and O–H groups in total. The smallest absolute Gasteiger partial charge is 0.349 e. The van der Waals surface area contributed by atoms with Crippen LogP contribution in [0, 0.1) is 6.92 Å². The Morgan fingerprint density at radius 2 is 1.97 bits per heavy atom. The second-order valence-electron chi connectivity index (χ2n) is 6.63. The van der Waals surface area contributed by atoms with Crippen molar-refractivity contribution in [3.05, 3.63) is 38.5 Å². The van der Waals surface area contributed by atoms with Crippen LogP contribution in [0.5, 0.6) is 0 Å². The van der Waals surface area contributed by atoms with E-state index in [1.165, 1.54) is 0 Å². The summed E-state index contributed by atoms with van der Waals surface area (Å²) in [5.41, 5.74) is 7.32. The fourth-order valence-corrected chi connectivity index (χ4v) is 3.14. The highest BCUT2D eigenvalue weighted by molar-refractivity contribution is 5.84. The summed E-state index contributed by atoms with van der Waals surface area (Å²) < 4.78 is 1.71. The van der Waals surface area contributed by atoms with Crippen LogP contribution in [-0.2, 0) is 6.54 Å². The van der Waals surface area contributed by atoms with Gasteiger partial charge in [-0.1, -0.05) is 13.8 Å². The quantitative estimate of drug-likeness (QED) is 0.329. The first-order chi connectivity index (χ1) is 14.4. The molecule has 0 radical (unpaired) electrons. The van der Waals surface area contributed by atoms with E-state index in [9.17, 15) is 14.7 Å². The maximum Gasteiger partial charge on any atom is 0.349 e. The minimum Gasteiger partial charge on any atom is -0.396 e. The van der Waals surface area contributed by atoms with Crippen LogP contribution in [0.4, 0.5) is 5.69 Å². The summed E-state index contributed by atoms with van der Waals surface area (Å²) in [5, 5.41) is 22.3. The zero-order chi connectivity index (χ0) is 22.3. The highest BCUT2D eigenvalue weighted by Crippen LogP contribution is 2.27. The van der Waals surface area contributed by atoms with Gasteiger partial charge in [0.1, 0.15) is 0 Å². The fraction of sp³-hybridized carbons (Fsp3) is 0.500. The van der Waals surface area contributed by atoms with E-state index >= 15 is 0 Å². The molecule has 30 heavy (non-hydrogen) atoms. The third kappa shape index (κ3) is 5.21. The number of rotatable bonds is 8. The van der Waals surface area contributed by atoms with E-state index in [0.29, 0.717) is 37.1 Å². The monoisotopic (exact) mass is 418 g/mol.